The summed E-state index contributed by atoms with van der Waals surface area (Å²) in [6.07, 6.45) is 14.3. The molecular formula is C14H24. The van der Waals surface area contributed by atoms with Crippen LogP contribution in [0, 0.1) is 0 Å². The molecule has 80 valence electrons. The molecule has 0 aromatic carbocycles. The first kappa shape index (κ1) is 13.2. The summed E-state index contributed by atoms with van der Waals surface area (Å²) in [5.74, 6) is 0. The van der Waals surface area contributed by atoms with Crippen molar-refractivity contribution in [2.75, 3.05) is 0 Å². The van der Waals surface area contributed by atoms with E-state index < -0.39 is 0 Å². The van der Waals surface area contributed by atoms with E-state index in [1.165, 1.54) is 37.7 Å². The van der Waals surface area contributed by atoms with Gasteiger partial charge in [0.15, 0.2) is 0 Å². The average molecular weight is 192 g/mol. The molecule has 1 fully saturated rings. The first-order chi connectivity index (χ1) is 6.38. The molecular weight excluding hydrogens is 168 g/mol. The molecule has 0 aliphatic heterocycles. The highest BCUT2D eigenvalue weighted by Crippen LogP contribution is 2.27. The Labute approximate surface area is 89.4 Å². The second kappa shape index (κ2) is 7.61. The van der Waals surface area contributed by atoms with Gasteiger partial charge in [-0.05, 0) is 43.3 Å². The molecule has 0 spiro atoms. The lowest BCUT2D eigenvalue weighted by molar-refractivity contribution is 0.719. The van der Waals surface area contributed by atoms with Crippen molar-refractivity contribution in [2.45, 2.75) is 52.9 Å². The number of rotatable bonds is 2. The molecule has 1 saturated carbocycles. The maximum absolute atomic E-state index is 3.78. The number of allylic oxidation sites excluding steroid dienone is 5. The van der Waals surface area contributed by atoms with Gasteiger partial charge in [0, 0.05) is 0 Å². The lowest BCUT2D eigenvalue weighted by Gasteiger charge is -2.06. The van der Waals surface area contributed by atoms with Crippen LogP contribution < -0.4 is 0 Å². The minimum absolute atomic E-state index is 0. The van der Waals surface area contributed by atoms with Gasteiger partial charge < -0.3 is 0 Å². The fourth-order valence-corrected chi connectivity index (χ4v) is 1.94. The highest BCUT2D eigenvalue weighted by molar-refractivity contribution is 5.33. The summed E-state index contributed by atoms with van der Waals surface area (Å²) in [7, 11) is 0. The van der Waals surface area contributed by atoms with Crippen LogP contribution in [0.15, 0.2) is 36.0 Å². The molecule has 1 rings (SSSR count). The summed E-state index contributed by atoms with van der Waals surface area (Å²) in [6.45, 7) is 5.99. The van der Waals surface area contributed by atoms with Crippen molar-refractivity contribution in [3.8, 4) is 0 Å². The number of hydrogen-bond donors (Lipinski definition) is 0. The van der Waals surface area contributed by atoms with Crippen molar-refractivity contribution in [1.82, 2.24) is 0 Å². The van der Waals surface area contributed by atoms with Gasteiger partial charge in [-0.2, -0.15) is 0 Å². The normalized spacial score (nSPS) is 22.9. The van der Waals surface area contributed by atoms with E-state index in [-0.39, 0.29) is 7.43 Å². The molecule has 1 aliphatic rings. The van der Waals surface area contributed by atoms with Gasteiger partial charge in [-0.1, -0.05) is 45.6 Å². The summed E-state index contributed by atoms with van der Waals surface area (Å²) < 4.78 is 0. The van der Waals surface area contributed by atoms with Crippen molar-refractivity contribution in [3.05, 3.63) is 36.0 Å². The van der Waals surface area contributed by atoms with E-state index in [9.17, 15) is 0 Å². The topological polar surface area (TPSA) is 0 Å². The second-order valence-electron chi connectivity index (χ2n) is 3.63. The lowest BCUT2D eigenvalue weighted by Crippen LogP contribution is -1.86. The van der Waals surface area contributed by atoms with E-state index in [1.807, 2.05) is 6.08 Å². The Hall–Kier alpha value is -0.780. The summed E-state index contributed by atoms with van der Waals surface area (Å²) in [5.41, 5.74) is 3.09. The largest absolute Gasteiger partial charge is 0.0991 e. The summed E-state index contributed by atoms with van der Waals surface area (Å²) in [6, 6.07) is 0. The maximum atomic E-state index is 3.78. The van der Waals surface area contributed by atoms with Gasteiger partial charge in [0.05, 0.1) is 0 Å². The molecule has 0 saturated heterocycles. The zero-order valence-corrected chi connectivity index (χ0v) is 8.68. The SMILES string of the molecule is C.C=C/C=C1/CCCCC/C1=C/CC. The van der Waals surface area contributed by atoms with Crippen LogP contribution in [0.2, 0.25) is 0 Å². The molecule has 14 heavy (non-hydrogen) atoms. The molecule has 0 heterocycles. The van der Waals surface area contributed by atoms with E-state index in [4.69, 9.17) is 0 Å². The van der Waals surface area contributed by atoms with Gasteiger partial charge in [-0.15, -0.1) is 0 Å². The van der Waals surface area contributed by atoms with Gasteiger partial charge in [0.25, 0.3) is 0 Å². The smallest absolute Gasteiger partial charge is 0.0276 e. The summed E-state index contributed by atoms with van der Waals surface area (Å²) in [4.78, 5) is 0. The van der Waals surface area contributed by atoms with E-state index in [0.29, 0.717) is 0 Å². The van der Waals surface area contributed by atoms with Crippen LogP contribution in [0.4, 0.5) is 0 Å². The molecule has 0 bridgehead atoms. The van der Waals surface area contributed by atoms with E-state index in [1.54, 1.807) is 5.57 Å². The average Bonchev–Trinajstić information content (AvgIpc) is 2.33. The monoisotopic (exact) mass is 192 g/mol. The van der Waals surface area contributed by atoms with Crippen LogP contribution in [0.5, 0.6) is 0 Å². The van der Waals surface area contributed by atoms with Crippen molar-refractivity contribution >= 4 is 0 Å². The zero-order valence-electron chi connectivity index (χ0n) is 8.68. The Kier molecular flexibility index (Phi) is 7.18. The molecule has 1 aliphatic carbocycles. The lowest BCUT2D eigenvalue weighted by atomic mass is 10.00. The van der Waals surface area contributed by atoms with Crippen molar-refractivity contribution in [2.24, 2.45) is 0 Å². The van der Waals surface area contributed by atoms with Crippen LogP contribution in [0.1, 0.15) is 52.9 Å². The third-order valence-corrected chi connectivity index (χ3v) is 2.57. The standard InChI is InChI=1S/C13H20.CH4/c1-3-8-12-10-6-5-7-11-13(12)9-4-2;/h3,8-9H,1,4-7,10-11H2,2H3;1H4/b12-8-,13-9-;. The third-order valence-electron chi connectivity index (χ3n) is 2.57. The molecule has 0 aromatic rings. The predicted molar refractivity (Wildman–Crippen MR) is 66.5 cm³/mol. The van der Waals surface area contributed by atoms with E-state index in [2.05, 4.69) is 25.7 Å². The fraction of sp³-hybridized carbons (Fsp3) is 0.571. The van der Waals surface area contributed by atoms with Crippen LogP contribution in [-0.2, 0) is 0 Å². The molecule has 0 unspecified atom stereocenters. The van der Waals surface area contributed by atoms with E-state index >= 15 is 0 Å². The summed E-state index contributed by atoms with van der Waals surface area (Å²) >= 11 is 0. The Morgan fingerprint density at radius 1 is 1.14 bits per heavy atom. The highest BCUT2D eigenvalue weighted by Gasteiger charge is 2.08. The predicted octanol–water partition coefficient (Wildman–Crippen LogP) is 5.04. The summed E-state index contributed by atoms with van der Waals surface area (Å²) in [5, 5.41) is 0. The third kappa shape index (κ3) is 3.95. The fourth-order valence-electron chi connectivity index (χ4n) is 1.94. The molecule has 0 radical (unpaired) electrons. The number of hydrogen-bond acceptors (Lipinski definition) is 0. The van der Waals surface area contributed by atoms with Gasteiger partial charge in [0.2, 0.25) is 0 Å². The molecule has 0 amide bonds. The maximum Gasteiger partial charge on any atom is -0.0276 e. The van der Waals surface area contributed by atoms with Crippen LogP contribution in [0.25, 0.3) is 0 Å². The molecule has 0 heteroatoms. The zero-order chi connectivity index (χ0) is 9.52. The second-order valence-corrected chi connectivity index (χ2v) is 3.63. The van der Waals surface area contributed by atoms with Crippen molar-refractivity contribution in [1.29, 1.82) is 0 Å². The van der Waals surface area contributed by atoms with Crippen LogP contribution in [0.3, 0.4) is 0 Å². The van der Waals surface area contributed by atoms with Crippen LogP contribution in [-0.4, -0.2) is 0 Å². The van der Waals surface area contributed by atoms with Crippen molar-refractivity contribution in [3.63, 3.8) is 0 Å². The first-order valence-electron chi connectivity index (χ1n) is 5.39. The van der Waals surface area contributed by atoms with Gasteiger partial charge >= 0.3 is 0 Å². The molecule has 0 atom stereocenters. The van der Waals surface area contributed by atoms with Gasteiger partial charge in [0.1, 0.15) is 0 Å². The Morgan fingerprint density at radius 2 is 1.79 bits per heavy atom. The Morgan fingerprint density at radius 3 is 2.36 bits per heavy atom. The minimum atomic E-state index is 0. The Balaban J connectivity index is 0.00000169. The van der Waals surface area contributed by atoms with Gasteiger partial charge in [-0.3, -0.25) is 0 Å². The van der Waals surface area contributed by atoms with Gasteiger partial charge in [-0.25, -0.2) is 0 Å². The van der Waals surface area contributed by atoms with Crippen molar-refractivity contribution < 1.29 is 0 Å². The first-order valence-corrected chi connectivity index (χ1v) is 5.39. The quantitative estimate of drug-likeness (QED) is 0.538. The molecule has 0 aromatic heterocycles. The van der Waals surface area contributed by atoms with E-state index in [0.717, 1.165) is 6.42 Å². The highest BCUT2D eigenvalue weighted by atomic mass is 14.1. The molecule has 0 N–H and O–H groups in total. The Bertz CT molecular complexity index is 218. The van der Waals surface area contributed by atoms with Crippen LogP contribution >= 0.6 is 0 Å². The minimum Gasteiger partial charge on any atom is -0.0991 e. The molecule has 0 nitrogen and oxygen atoms in total.